The van der Waals surface area contributed by atoms with E-state index in [-0.39, 0.29) is 5.91 Å². The minimum absolute atomic E-state index is 0.117. The quantitative estimate of drug-likeness (QED) is 0.480. The van der Waals surface area contributed by atoms with Gasteiger partial charge in [0.2, 0.25) is 5.91 Å². The smallest absolute Gasteiger partial charge is 0.238 e. The van der Waals surface area contributed by atoms with Gasteiger partial charge in [-0.1, -0.05) is 6.08 Å². The van der Waals surface area contributed by atoms with E-state index in [0.717, 1.165) is 13.1 Å². The first-order chi connectivity index (χ1) is 4.84. The molecule has 55 valence electrons. The predicted molar refractivity (Wildman–Crippen MR) is 38.6 cm³/mol. The van der Waals surface area contributed by atoms with E-state index in [1.54, 1.807) is 11.0 Å². The van der Waals surface area contributed by atoms with Gasteiger partial charge in [0, 0.05) is 19.6 Å². The van der Waals surface area contributed by atoms with Gasteiger partial charge < -0.3 is 4.90 Å². The molecule has 0 aromatic carbocycles. The molecule has 10 heavy (non-hydrogen) atoms. The third-order valence-electron chi connectivity index (χ3n) is 1.48. The number of carbonyl (C=O) groups is 1. The third-order valence-corrected chi connectivity index (χ3v) is 1.48. The lowest BCUT2D eigenvalue weighted by atomic mass is 10.3. The van der Waals surface area contributed by atoms with Gasteiger partial charge in [0.25, 0.3) is 0 Å². The predicted octanol–water partition coefficient (Wildman–Crippen LogP) is -0.381. The highest BCUT2D eigenvalue weighted by Gasteiger charge is 2.15. The Hall–Kier alpha value is -0.830. The summed E-state index contributed by atoms with van der Waals surface area (Å²) in [5.41, 5.74) is 0. The molecule has 0 spiro atoms. The molecule has 0 bridgehead atoms. The summed E-state index contributed by atoms with van der Waals surface area (Å²) in [7, 11) is 0. The summed E-state index contributed by atoms with van der Waals surface area (Å²) in [5, 5.41) is 3.97. The van der Waals surface area contributed by atoms with E-state index in [1.165, 1.54) is 0 Å². The maximum absolute atomic E-state index is 11.0. The summed E-state index contributed by atoms with van der Waals surface area (Å²) in [6.07, 6.45) is 1.74. The molecular formula is C7H11N2O. The molecule has 1 saturated heterocycles. The Balaban J connectivity index is 2.39. The summed E-state index contributed by atoms with van der Waals surface area (Å²) in [5.74, 6) is 0.117. The van der Waals surface area contributed by atoms with Crippen LogP contribution in [-0.2, 0) is 4.79 Å². The summed E-state index contributed by atoms with van der Waals surface area (Å²) < 4.78 is 0. The van der Waals surface area contributed by atoms with Crippen molar-refractivity contribution in [2.24, 2.45) is 0 Å². The molecule has 0 unspecified atom stereocenters. The zero-order valence-electron chi connectivity index (χ0n) is 5.92. The molecule has 1 fully saturated rings. The second-order valence-electron chi connectivity index (χ2n) is 2.23. The second kappa shape index (κ2) is 3.37. The Morgan fingerprint density at radius 3 is 3.20 bits per heavy atom. The minimum Gasteiger partial charge on any atom is -0.336 e. The van der Waals surface area contributed by atoms with Crippen molar-refractivity contribution >= 4 is 5.91 Å². The van der Waals surface area contributed by atoms with Crippen molar-refractivity contribution < 1.29 is 4.79 Å². The third kappa shape index (κ3) is 1.57. The van der Waals surface area contributed by atoms with E-state index < -0.39 is 0 Å². The fourth-order valence-electron chi connectivity index (χ4n) is 0.940. The van der Waals surface area contributed by atoms with Crippen molar-refractivity contribution in [3.63, 3.8) is 0 Å². The molecular weight excluding hydrogens is 128 g/mol. The van der Waals surface area contributed by atoms with Crippen molar-refractivity contribution in [3.8, 4) is 0 Å². The number of nitrogens with zero attached hydrogens (tertiary/aromatic N) is 2. The number of hydrogen-bond donors (Lipinski definition) is 0. The molecule has 0 N–H and O–H groups in total. The highest BCUT2D eigenvalue weighted by atomic mass is 16.2. The van der Waals surface area contributed by atoms with Crippen LogP contribution in [0.5, 0.6) is 0 Å². The molecule has 0 saturated carbocycles. The molecule has 1 aliphatic rings. The van der Waals surface area contributed by atoms with Crippen LogP contribution in [0.15, 0.2) is 12.7 Å². The highest BCUT2D eigenvalue weighted by molar-refractivity contribution is 5.79. The van der Waals surface area contributed by atoms with Crippen molar-refractivity contribution in [3.05, 3.63) is 12.7 Å². The Bertz CT molecular complexity index is 145. The SMILES string of the molecule is C=CCN1CC[N]CC1=O. The zero-order valence-corrected chi connectivity index (χ0v) is 5.92. The molecule has 0 aromatic heterocycles. The maximum Gasteiger partial charge on any atom is 0.238 e. The van der Waals surface area contributed by atoms with E-state index in [2.05, 4.69) is 11.9 Å². The van der Waals surface area contributed by atoms with Crippen LogP contribution < -0.4 is 5.32 Å². The molecule has 3 nitrogen and oxygen atoms in total. The molecule has 0 aliphatic carbocycles. The van der Waals surface area contributed by atoms with Crippen LogP contribution in [0.4, 0.5) is 0 Å². The van der Waals surface area contributed by atoms with Crippen LogP contribution in [0.2, 0.25) is 0 Å². The van der Waals surface area contributed by atoms with E-state index in [9.17, 15) is 4.79 Å². The Kier molecular flexibility index (Phi) is 2.45. The molecule has 1 radical (unpaired) electrons. The molecule has 1 amide bonds. The lowest BCUT2D eigenvalue weighted by molar-refractivity contribution is -0.131. The zero-order chi connectivity index (χ0) is 7.40. The topological polar surface area (TPSA) is 34.4 Å². The second-order valence-corrected chi connectivity index (χ2v) is 2.23. The average Bonchev–Trinajstić information content (AvgIpc) is 1.94. The molecule has 0 aromatic rings. The van der Waals surface area contributed by atoms with E-state index in [0.29, 0.717) is 13.1 Å². The lowest BCUT2D eigenvalue weighted by Crippen LogP contribution is -2.44. The van der Waals surface area contributed by atoms with Gasteiger partial charge >= 0.3 is 0 Å². The van der Waals surface area contributed by atoms with Crippen LogP contribution >= 0.6 is 0 Å². The average molecular weight is 139 g/mol. The van der Waals surface area contributed by atoms with Crippen molar-refractivity contribution in [2.45, 2.75) is 0 Å². The van der Waals surface area contributed by atoms with Crippen LogP contribution in [0.25, 0.3) is 0 Å². The van der Waals surface area contributed by atoms with Crippen LogP contribution in [0.1, 0.15) is 0 Å². The molecule has 1 heterocycles. The van der Waals surface area contributed by atoms with Crippen LogP contribution in [-0.4, -0.2) is 37.0 Å². The van der Waals surface area contributed by atoms with Crippen molar-refractivity contribution in [1.29, 1.82) is 0 Å². The maximum atomic E-state index is 11.0. The molecule has 0 atom stereocenters. The van der Waals surface area contributed by atoms with E-state index >= 15 is 0 Å². The van der Waals surface area contributed by atoms with E-state index in [4.69, 9.17) is 0 Å². The van der Waals surface area contributed by atoms with Gasteiger partial charge in [-0.05, 0) is 0 Å². The fraction of sp³-hybridized carbons (Fsp3) is 0.571. The fourth-order valence-corrected chi connectivity index (χ4v) is 0.940. The summed E-state index contributed by atoms with van der Waals surface area (Å²) >= 11 is 0. The number of amides is 1. The first-order valence-electron chi connectivity index (χ1n) is 3.36. The monoisotopic (exact) mass is 139 g/mol. The van der Waals surface area contributed by atoms with E-state index in [1.807, 2.05) is 0 Å². The van der Waals surface area contributed by atoms with Crippen molar-refractivity contribution in [2.75, 3.05) is 26.2 Å². The number of hydrogen-bond acceptors (Lipinski definition) is 1. The Morgan fingerprint density at radius 2 is 2.60 bits per heavy atom. The normalized spacial score (nSPS) is 19.2. The minimum atomic E-state index is 0.117. The van der Waals surface area contributed by atoms with Crippen molar-refractivity contribution in [1.82, 2.24) is 10.2 Å². The first kappa shape index (κ1) is 7.28. The van der Waals surface area contributed by atoms with Gasteiger partial charge in [-0.3, -0.25) is 4.79 Å². The molecule has 1 rings (SSSR count). The molecule has 3 heteroatoms. The van der Waals surface area contributed by atoms with Gasteiger partial charge in [-0.15, -0.1) is 6.58 Å². The largest absolute Gasteiger partial charge is 0.336 e. The van der Waals surface area contributed by atoms with Crippen LogP contribution in [0, 0.1) is 0 Å². The van der Waals surface area contributed by atoms with Gasteiger partial charge in [-0.2, -0.15) is 0 Å². The number of piperazine rings is 1. The number of rotatable bonds is 2. The molecule has 1 aliphatic heterocycles. The lowest BCUT2D eigenvalue weighted by Gasteiger charge is -2.24. The summed E-state index contributed by atoms with van der Waals surface area (Å²) in [6.45, 7) is 6.11. The Labute approximate surface area is 60.7 Å². The summed E-state index contributed by atoms with van der Waals surface area (Å²) in [4.78, 5) is 12.7. The van der Waals surface area contributed by atoms with Crippen LogP contribution in [0.3, 0.4) is 0 Å². The Morgan fingerprint density at radius 1 is 1.80 bits per heavy atom. The first-order valence-corrected chi connectivity index (χ1v) is 3.36. The standard InChI is InChI=1S/C7H11N2O/c1-2-4-9-5-3-8-6-7(9)10/h2H,1,3-6H2. The van der Waals surface area contributed by atoms with Gasteiger partial charge in [0.15, 0.2) is 0 Å². The number of carbonyl (C=O) groups excluding carboxylic acids is 1. The van der Waals surface area contributed by atoms with Gasteiger partial charge in [0.1, 0.15) is 0 Å². The van der Waals surface area contributed by atoms with Gasteiger partial charge in [-0.25, -0.2) is 5.32 Å². The highest BCUT2D eigenvalue weighted by Crippen LogP contribution is 1.93. The van der Waals surface area contributed by atoms with Gasteiger partial charge in [0.05, 0.1) is 6.54 Å². The summed E-state index contributed by atoms with van der Waals surface area (Å²) in [6, 6.07) is 0.